The molecule has 69 heavy (non-hydrogen) atoms. The highest BCUT2D eigenvalue weighted by atomic mass is 16.6. The van der Waals surface area contributed by atoms with Gasteiger partial charge in [-0.1, -0.05) is 214 Å². The first-order chi connectivity index (χ1) is 34.0. The topological polar surface area (TPSA) is 78.9 Å². The van der Waals surface area contributed by atoms with Gasteiger partial charge in [-0.25, -0.2) is 0 Å². The number of rotatable bonds is 51. The molecule has 0 radical (unpaired) electrons. The third kappa shape index (κ3) is 55.1. The Hall–Kier alpha value is -3.67. The molecule has 0 aromatic heterocycles. The Labute approximate surface area is 426 Å². The van der Waals surface area contributed by atoms with E-state index in [9.17, 15) is 14.4 Å². The van der Waals surface area contributed by atoms with E-state index < -0.39 is 6.10 Å². The minimum absolute atomic E-state index is 0.106. The van der Waals surface area contributed by atoms with E-state index in [1.54, 1.807) is 0 Å². The first-order valence-corrected chi connectivity index (χ1v) is 28.7. The Kier molecular flexibility index (Phi) is 53.9. The molecule has 0 fully saturated rings. The second-order valence-electron chi connectivity index (χ2n) is 18.8. The van der Waals surface area contributed by atoms with Gasteiger partial charge in [-0.15, -0.1) is 0 Å². The fraction of sp³-hybridized carbons (Fsp3) is 0.698. The maximum Gasteiger partial charge on any atom is 0.306 e. The van der Waals surface area contributed by atoms with E-state index >= 15 is 0 Å². The van der Waals surface area contributed by atoms with Gasteiger partial charge < -0.3 is 14.2 Å². The quantitative estimate of drug-likeness (QED) is 0.0262. The summed E-state index contributed by atoms with van der Waals surface area (Å²) in [7, 11) is 0. The van der Waals surface area contributed by atoms with Crippen molar-refractivity contribution in [2.45, 2.75) is 271 Å². The van der Waals surface area contributed by atoms with Crippen molar-refractivity contribution >= 4 is 17.9 Å². The number of hydrogen-bond donors (Lipinski definition) is 0. The van der Waals surface area contributed by atoms with Crippen LogP contribution in [0, 0.1) is 0 Å². The normalized spacial score (nSPS) is 12.8. The SMILES string of the molecule is CCCCC/C=C\C/C=C\C/C=C\C/C=C\CCCCCC(=O)OC[C@H](COC(=O)CCCCCCCCC/C=C\CCCCCCCC)OC(=O)CCCC/C=C\C/C=C\C/C=C\CCCCC. The fourth-order valence-corrected chi connectivity index (χ4v) is 7.66. The molecule has 0 N–H and O–H groups in total. The monoisotopic (exact) mass is 959 g/mol. The van der Waals surface area contributed by atoms with Gasteiger partial charge in [0.25, 0.3) is 0 Å². The van der Waals surface area contributed by atoms with E-state index in [0.29, 0.717) is 19.3 Å². The standard InChI is InChI=1S/C63H106O6/c1-4-7-10-13-16-19-22-25-28-30-31-33-36-38-41-44-47-50-53-56-62(65)68-59-60(69-63(66)57-54-51-48-45-42-39-34-27-24-21-18-15-12-9-6-3)58-67-61(64)55-52-49-46-43-40-37-35-32-29-26-23-20-17-14-11-8-5-2/h16,18-19,21,25-29,31,33-34,38,41-42,45,60H,4-15,17,20,22-24,30,32,35-37,39-40,43-44,46-59H2,1-3H3/b19-16-,21-18-,28-25-,29-26-,33-31-,34-27-,41-38-,45-42-/t60-/m0/s1. The van der Waals surface area contributed by atoms with Crippen LogP contribution in [0.5, 0.6) is 0 Å². The van der Waals surface area contributed by atoms with Crippen LogP contribution < -0.4 is 0 Å². The Bertz CT molecular complexity index is 1380. The zero-order valence-corrected chi connectivity index (χ0v) is 45.0. The number of esters is 3. The second-order valence-corrected chi connectivity index (χ2v) is 18.8. The molecule has 0 amide bonds. The first kappa shape index (κ1) is 65.3. The number of carbonyl (C=O) groups is 3. The van der Waals surface area contributed by atoms with Crippen LogP contribution >= 0.6 is 0 Å². The van der Waals surface area contributed by atoms with Crippen molar-refractivity contribution < 1.29 is 28.6 Å². The van der Waals surface area contributed by atoms with Crippen molar-refractivity contribution in [2.24, 2.45) is 0 Å². The third-order valence-corrected chi connectivity index (χ3v) is 12.0. The molecule has 6 heteroatoms. The van der Waals surface area contributed by atoms with Gasteiger partial charge in [-0.2, -0.15) is 0 Å². The van der Waals surface area contributed by atoms with Crippen molar-refractivity contribution in [1.82, 2.24) is 0 Å². The van der Waals surface area contributed by atoms with Gasteiger partial charge in [0.15, 0.2) is 6.10 Å². The molecule has 0 rings (SSSR count). The van der Waals surface area contributed by atoms with Crippen LogP contribution in [0.25, 0.3) is 0 Å². The molecule has 0 aromatic rings. The zero-order valence-electron chi connectivity index (χ0n) is 45.0. The summed E-state index contributed by atoms with van der Waals surface area (Å²) in [6.07, 6.45) is 75.4. The minimum atomic E-state index is -0.814. The summed E-state index contributed by atoms with van der Waals surface area (Å²) >= 11 is 0. The molecule has 0 unspecified atom stereocenters. The van der Waals surface area contributed by atoms with Crippen LogP contribution in [0.15, 0.2) is 97.2 Å². The molecule has 0 spiro atoms. The molecule has 0 aliphatic rings. The fourth-order valence-electron chi connectivity index (χ4n) is 7.66. The summed E-state index contributed by atoms with van der Waals surface area (Å²) in [6.45, 7) is 6.52. The Morgan fingerprint density at radius 2 is 0.522 bits per heavy atom. The molecule has 0 aliphatic heterocycles. The van der Waals surface area contributed by atoms with Gasteiger partial charge in [0, 0.05) is 19.3 Å². The third-order valence-electron chi connectivity index (χ3n) is 12.0. The number of unbranched alkanes of at least 4 members (excludes halogenated alkanes) is 24. The second kappa shape index (κ2) is 56.9. The Morgan fingerprint density at radius 1 is 0.290 bits per heavy atom. The van der Waals surface area contributed by atoms with E-state index in [4.69, 9.17) is 14.2 Å². The van der Waals surface area contributed by atoms with Crippen molar-refractivity contribution in [3.63, 3.8) is 0 Å². The summed E-state index contributed by atoms with van der Waals surface area (Å²) in [5.74, 6) is -0.979. The highest BCUT2D eigenvalue weighted by Gasteiger charge is 2.19. The van der Waals surface area contributed by atoms with Gasteiger partial charge in [0.1, 0.15) is 13.2 Å². The van der Waals surface area contributed by atoms with Crippen LogP contribution in [-0.2, 0) is 28.6 Å². The summed E-state index contributed by atoms with van der Waals surface area (Å²) in [6, 6.07) is 0. The van der Waals surface area contributed by atoms with Crippen molar-refractivity contribution in [2.75, 3.05) is 13.2 Å². The lowest BCUT2D eigenvalue weighted by Gasteiger charge is -2.18. The molecular formula is C63H106O6. The summed E-state index contributed by atoms with van der Waals surface area (Å²) < 4.78 is 16.8. The van der Waals surface area contributed by atoms with E-state index in [1.807, 2.05) is 0 Å². The van der Waals surface area contributed by atoms with Crippen LogP contribution in [0.4, 0.5) is 0 Å². The molecule has 0 saturated carbocycles. The maximum atomic E-state index is 12.8. The summed E-state index contributed by atoms with van der Waals surface area (Å²) in [5.41, 5.74) is 0. The molecule has 1 atom stereocenters. The van der Waals surface area contributed by atoms with Gasteiger partial charge in [-0.05, 0) is 128 Å². The van der Waals surface area contributed by atoms with E-state index in [2.05, 4.69) is 118 Å². The number of hydrogen-bond acceptors (Lipinski definition) is 6. The molecule has 0 aromatic carbocycles. The van der Waals surface area contributed by atoms with E-state index in [1.165, 1.54) is 128 Å². The predicted octanol–water partition coefficient (Wildman–Crippen LogP) is 19.3. The molecule has 0 aliphatic carbocycles. The largest absolute Gasteiger partial charge is 0.462 e. The smallest absolute Gasteiger partial charge is 0.306 e. The Morgan fingerprint density at radius 3 is 0.899 bits per heavy atom. The van der Waals surface area contributed by atoms with Gasteiger partial charge in [0.2, 0.25) is 0 Å². The highest BCUT2D eigenvalue weighted by Crippen LogP contribution is 2.14. The molecule has 6 nitrogen and oxygen atoms in total. The number of carbonyl (C=O) groups excluding carboxylic acids is 3. The molecule has 0 bridgehead atoms. The Balaban J connectivity index is 4.50. The predicted molar refractivity (Wildman–Crippen MR) is 297 cm³/mol. The van der Waals surface area contributed by atoms with E-state index in [-0.39, 0.29) is 37.5 Å². The van der Waals surface area contributed by atoms with Crippen molar-refractivity contribution in [1.29, 1.82) is 0 Å². The van der Waals surface area contributed by atoms with Crippen LogP contribution in [0.1, 0.15) is 265 Å². The van der Waals surface area contributed by atoms with E-state index in [0.717, 1.165) is 89.9 Å². The molecule has 0 heterocycles. The molecular weight excluding hydrogens is 853 g/mol. The lowest BCUT2D eigenvalue weighted by atomic mass is 10.1. The zero-order chi connectivity index (χ0) is 50.0. The van der Waals surface area contributed by atoms with Crippen LogP contribution in [-0.4, -0.2) is 37.2 Å². The number of allylic oxidation sites excluding steroid dienone is 16. The summed E-state index contributed by atoms with van der Waals surface area (Å²) in [5, 5.41) is 0. The average Bonchev–Trinajstić information content (AvgIpc) is 3.35. The van der Waals surface area contributed by atoms with Crippen LogP contribution in [0.2, 0.25) is 0 Å². The lowest BCUT2D eigenvalue weighted by molar-refractivity contribution is -0.167. The first-order valence-electron chi connectivity index (χ1n) is 28.7. The lowest BCUT2D eigenvalue weighted by Crippen LogP contribution is -2.30. The van der Waals surface area contributed by atoms with Crippen molar-refractivity contribution in [3.8, 4) is 0 Å². The van der Waals surface area contributed by atoms with Gasteiger partial charge >= 0.3 is 17.9 Å². The average molecular weight is 960 g/mol. The van der Waals surface area contributed by atoms with Gasteiger partial charge in [0.05, 0.1) is 0 Å². The maximum absolute atomic E-state index is 12.8. The molecule has 394 valence electrons. The van der Waals surface area contributed by atoms with Gasteiger partial charge in [-0.3, -0.25) is 14.4 Å². The highest BCUT2D eigenvalue weighted by molar-refractivity contribution is 5.71. The minimum Gasteiger partial charge on any atom is -0.462 e. The summed E-state index contributed by atoms with van der Waals surface area (Å²) in [4.78, 5) is 38.1. The van der Waals surface area contributed by atoms with Crippen LogP contribution in [0.3, 0.4) is 0 Å². The van der Waals surface area contributed by atoms with Crippen molar-refractivity contribution in [3.05, 3.63) is 97.2 Å². The number of ether oxygens (including phenoxy) is 3. The molecule has 0 saturated heterocycles.